The van der Waals surface area contributed by atoms with Gasteiger partial charge in [-0.25, -0.2) is 9.37 Å². The van der Waals surface area contributed by atoms with Gasteiger partial charge in [0.1, 0.15) is 5.82 Å². The Kier molecular flexibility index (Phi) is 4.23. The molecule has 0 saturated carbocycles. The lowest BCUT2D eigenvalue weighted by Gasteiger charge is -2.09. The highest BCUT2D eigenvalue weighted by Crippen LogP contribution is 2.31. The van der Waals surface area contributed by atoms with Crippen molar-refractivity contribution in [3.8, 4) is 0 Å². The number of benzene rings is 2. The van der Waals surface area contributed by atoms with Crippen LogP contribution in [0.5, 0.6) is 0 Å². The van der Waals surface area contributed by atoms with Crippen LogP contribution < -0.4 is 5.46 Å². The molecule has 0 saturated heterocycles. The first-order valence-corrected chi connectivity index (χ1v) is 7.23. The molecule has 2 aromatic carbocycles. The van der Waals surface area contributed by atoms with Crippen LogP contribution >= 0.6 is 0 Å². The number of nitro benzene ring substituents is 1. The smallest absolute Gasteiger partial charge is 0.423 e. The van der Waals surface area contributed by atoms with Crippen molar-refractivity contribution < 1.29 is 23.8 Å². The Balaban J connectivity index is 2.14. The van der Waals surface area contributed by atoms with Gasteiger partial charge in [-0.05, 0) is 17.9 Å². The van der Waals surface area contributed by atoms with Crippen LogP contribution in [-0.2, 0) is 6.54 Å². The number of hydrogen-bond donors (Lipinski definition) is 2. The van der Waals surface area contributed by atoms with Gasteiger partial charge >= 0.3 is 12.8 Å². The zero-order chi connectivity index (χ0) is 18.3. The lowest BCUT2D eigenvalue weighted by atomic mass is 9.80. The Morgan fingerprint density at radius 3 is 2.48 bits per heavy atom. The number of halogens is 2. The number of nitrogens with zero attached hydrogens (tertiary/aromatic N) is 3. The number of aromatic nitrogens is 2. The van der Waals surface area contributed by atoms with Crippen molar-refractivity contribution in [2.45, 2.75) is 13.5 Å². The molecule has 0 fully saturated rings. The molecule has 128 valence electrons. The van der Waals surface area contributed by atoms with E-state index in [1.807, 2.05) is 0 Å². The summed E-state index contributed by atoms with van der Waals surface area (Å²) in [6.45, 7) is 1.70. The van der Waals surface area contributed by atoms with E-state index < -0.39 is 29.4 Å². The molecule has 1 aromatic heterocycles. The highest BCUT2D eigenvalue weighted by molar-refractivity contribution is 6.58. The predicted octanol–water partition coefficient (Wildman–Crippen LogP) is 1.26. The molecular formula is C15H12BF2N3O4. The first kappa shape index (κ1) is 17.0. The summed E-state index contributed by atoms with van der Waals surface area (Å²) in [6, 6.07) is 7.01. The van der Waals surface area contributed by atoms with E-state index in [-0.39, 0.29) is 23.0 Å². The minimum absolute atomic E-state index is 0.00880. The molecule has 7 nitrogen and oxygen atoms in total. The lowest BCUT2D eigenvalue weighted by Crippen LogP contribution is -2.29. The Morgan fingerprint density at radius 2 is 1.92 bits per heavy atom. The summed E-state index contributed by atoms with van der Waals surface area (Å²) in [5.74, 6) is -2.50. The molecule has 0 aliphatic carbocycles. The summed E-state index contributed by atoms with van der Waals surface area (Å²) < 4.78 is 28.9. The number of rotatable bonds is 4. The van der Waals surface area contributed by atoms with Crippen molar-refractivity contribution in [3.63, 3.8) is 0 Å². The normalized spacial score (nSPS) is 11.1. The van der Waals surface area contributed by atoms with Crippen LogP contribution in [0.4, 0.5) is 14.5 Å². The molecule has 2 N–H and O–H groups in total. The van der Waals surface area contributed by atoms with Crippen molar-refractivity contribution in [1.29, 1.82) is 0 Å². The Labute approximate surface area is 140 Å². The SMILES string of the molecule is Cc1nc2cc(F)c(F)c([N+](=O)[O-])c2n1Cc1ccc(B(O)O)cc1. The molecule has 0 radical (unpaired) electrons. The Hall–Kier alpha value is -2.85. The molecule has 0 spiro atoms. The predicted molar refractivity (Wildman–Crippen MR) is 86.4 cm³/mol. The lowest BCUT2D eigenvalue weighted by molar-refractivity contribution is -0.386. The van der Waals surface area contributed by atoms with Gasteiger partial charge in [-0.15, -0.1) is 0 Å². The second-order valence-electron chi connectivity index (χ2n) is 5.51. The summed E-state index contributed by atoms with van der Waals surface area (Å²) in [4.78, 5) is 14.3. The topological polar surface area (TPSA) is 101 Å². The molecular weight excluding hydrogens is 335 g/mol. The maximum absolute atomic E-state index is 13.9. The van der Waals surface area contributed by atoms with E-state index in [1.54, 1.807) is 19.1 Å². The molecule has 0 unspecified atom stereocenters. The monoisotopic (exact) mass is 347 g/mol. The number of nitro groups is 1. The number of hydrogen-bond acceptors (Lipinski definition) is 5. The minimum Gasteiger partial charge on any atom is -0.423 e. The number of aryl methyl sites for hydroxylation is 1. The van der Waals surface area contributed by atoms with E-state index in [0.29, 0.717) is 11.4 Å². The second-order valence-corrected chi connectivity index (χ2v) is 5.51. The first-order chi connectivity index (χ1) is 11.8. The minimum atomic E-state index is -1.61. The zero-order valence-corrected chi connectivity index (χ0v) is 13.0. The standard InChI is InChI=1S/C15H12BF2N3O4/c1-8-19-12-6-11(17)13(18)15(21(24)25)14(12)20(8)7-9-2-4-10(5-3-9)16(22)23/h2-6,22-23H,7H2,1H3. The van der Waals surface area contributed by atoms with E-state index in [2.05, 4.69) is 4.98 Å². The quantitative estimate of drug-likeness (QED) is 0.420. The van der Waals surface area contributed by atoms with Crippen LogP contribution in [-0.4, -0.2) is 31.6 Å². The molecule has 1 heterocycles. The number of fused-ring (bicyclic) bond motifs is 1. The van der Waals surface area contributed by atoms with E-state index in [1.165, 1.54) is 16.7 Å². The van der Waals surface area contributed by atoms with Crippen molar-refractivity contribution in [3.05, 3.63) is 63.5 Å². The van der Waals surface area contributed by atoms with Gasteiger partial charge in [-0.3, -0.25) is 10.1 Å². The van der Waals surface area contributed by atoms with Crippen molar-refractivity contribution in [2.75, 3.05) is 0 Å². The summed E-state index contributed by atoms with van der Waals surface area (Å²) in [5.41, 5.74) is -0.114. The summed E-state index contributed by atoms with van der Waals surface area (Å²) in [5, 5.41) is 29.4. The van der Waals surface area contributed by atoms with Crippen LogP contribution in [0, 0.1) is 28.7 Å². The maximum atomic E-state index is 13.9. The first-order valence-electron chi connectivity index (χ1n) is 7.23. The zero-order valence-electron chi connectivity index (χ0n) is 13.0. The van der Waals surface area contributed by atoms with E-state index in [4.69, 9.17) is 10.0 Å². The van der Waals surface area contributed by atoms with Crippen molar-refractivity contribution in [2.24, 2.45) is 0 Å². The van der Waals surface area contributed by atoms with Crippen LogP contribution in [0.3, 0.4) is 0 Å². The maximum Gasteiger partial charge on any atom is 0.488 e. The summed E-state index contributed by atoms with van der Waals surface area (Å²) >= 11 is 0. The molecule has 0 aliphatic heterocycles. The third kappa shape index (κ3) is 2.97. The van der Waals surface area contributed by atoms with Gasteiger partial charge in [-0.2, -0.15) is 4.39 Å². The average molecular weight is 347 g/mol. The third-order valence-corrected chi connectivity index (χ3v) is 3.89. The van der Waals surface area contributed by atoms with Crippen molar-refractivity contribution >= 4 is 29.3 Å². The van der Waals surface area contributed by atoms with Crippen molar-refractivity contribution in [1.82, 2.24) is 9.55 Å². The summed E-state index contributed by atoms with van der Waals surface area (Å²) in [7, 11) is -1.61. The van der Waals surface area contributed by atoms with E-state index >= 15 is 0 Å². The molecule has 0 bridgehead atoms. The van der Waals surface area contributed by atoms with Gasteiger partial charge in [0.15, 0.2) is 11.3 Å². The molecule has 25 heavy (non-hydrogen) atoms. The van der Waals surface area contributed by atoms with Gasteiger partial charge < -0.3 is 14.6 Å². The van der Waals surface area contributed by atoms with Crippen LogP contribution in [0.25, 0.3) is 11.0 Å². The Morgan fingerprint density at radius 1 is 1.28 bits per heavy atom. The summed E-state index contributed by atoms with van der Waals surface area (Å²) in [6.07, 6.45) is 0. The average Bonchev–Trinajstić information content (AvgIpc) is 2.84. The van der Waals surface area contributed by atoms with Crippen LogP contribution in [0.1, 0.15) is 11.4 Å². The van der Waals surface area contributed by atoms with Gasteiger partial charge in [0.25, 0.3) is 0 Å². The fourth-order valence-corrected chi connectivity index (χ4v) is 2.68. The van der Waals surface area contributed by atoms with E-state index in [9.17, 15) is 18.9 Å². The highest BCUT2D eigenvalue weighted by atomic mass is 19.2. The largest absolute Gasteiger partial charge is 0.488 e. The van der Waals surface area contributed by atoms with Gasteiger partial charge in [-0.1, -0.05) is 24.3 Å². The molecule has 0 amide bonds. The fourth-order valence-electron chi connectivity index (χ4n) is 2.68. The van der Waals surface area contributed by atoms with E-state index in [0.717, 1.165) is 6.07 Å². The Bertz CT molecular complexity index is 973. The second kappa shape index (κ2) is 6.23. The molecule has 3 aromatic rings. The molecule has 10 heteroatoms. The number of imidazole rings is 1. The van der Waals surface area contributed by atoms with Gasteiger partial charge in [0.2, 0.25) is 5.82 Å². The third-order valence-electron chi connectivity index (χ3n) is 3.89. The molecule has 0 atom stereocenters. The van der Waals surface area contributed by atoms with Gasteiger partial charge in [0.05, 0.1) is 10.4 Å². The molecule has 0 aliphatic rings. The molecule has 3 rings (SSSR count). The van der Waals surface area contributed by atoms with Crippen LogP contribution in [0.15, 0.2) is 30.3 Å². The highest BCUT2D eigenvalue weighted by Gasteiger charge is 2.28. The fraction of sp³-hybridized carbons (Fsp3) is 0.133. The van der Waals surface area contributed by atoms with Gasteiger partial charge in [0, 0.05) is 12.6 Å². The van der Waals surface area contributed by atoms with Crippen LogP contribution in [0.2, 0.25) is 0 Å².